The molecule has 0 saturated heterocycles. The van der Waals surface area contributed by atoms with Crippen LogP contribution < -0.4 is 5.32 Å². The molecular formula is C12H20BrNO2. The van der Waals surface area contributed by atoms with Crippen molar-refractivity contribution in [2.75, 3.05) is 6.54 Å². The molecule has 0 heterocycles. The van der Waals surface area contributed by atoms with E-state index in [2.05, 4.69) is 27.3 Å². The number of halogens is 1. The van der Waals surface area contributed by atoms with Gasteiger partial charge in [0.1, 0.15) is 5.60 Å². The quantitative estimate of drug-likeness (QED) is 0.862. The fraction of sp³-hybridized carbons (Fsp3) is 0.750. The number of hydrogen-bond donors (Lipinski definition) is 1. The topological polar surface area (TPSA) is 38.3 Å². The Morgan fingerprint density at radius 1 is 1.50 bits per heavy atom. The van der Waals surface area contributed by atoms with Crippen molar-refractivity contribution in [2.45, 2.75) is 45.6 Å². The summed E-state index contributed by atoms with van der Waals surface area (Å²) < 4.78 is 5.19. The molecule has 1 fully saturated rings. The summed E-state index contributed by atoms with van der Waals surface area (Å²) in [6.07, 6.45) is 5.28. The summed E-state index contributed by atoms with van der Waals surface area (Å²) in [7, 11) is 0. The van der Waals surface area contributed by atoms with E-state index >= 15 is 0 Å². The molecule has 1 aliphatic carbocycles. The third-order valence-electron chi connectivity index (χ3n) is 2.75. The zero-order valence-electron chi connectivity index (χ0n) is 10.2. The molecule has 0 atom stereocenters. The molecule has 0 aromatic heterocycles. The van der Waals surface area contributed by atoms with Gasteiger partial charge in [-0.3, -0.25) is 0 Å². The molecule has 0 aromatic rings. The lowest BCUT2D eigenvalue weighted by Gasteiger charge is -2.39. The van der Waals surface area contributed by atoms with E-state index in [9.17, 15) is 4.79 Å². The van der Waals surface area contributed by atoms with Gasteiger partial charge in [-0.2, -0.15) is 0 Å². The molecule has 16 heavy (non-hydrogen) atoms. The molecule has 0 spiro atoms. The van der Waals surface area contributed by atoms with Gasteiger partial charge in [-0.25, -0.2) is 4.79 Å². The van der Waals surface area contributed by atoms with Crippen LogP contribution >= 0.6 is 15.9 Å². The molecule has 0 bridgehead atoms. The minimum Gasteiger partial charge on any atom is -0.444 e. The largest absolute Gasteiger partial charge is 0.444 e. The summed E-state index contributed by atoms with van der Waals surface area (Å²) in [5.74, 6) is 0. The molecule has 0 unspecified atom stereocenters. The second-order valence-corrected chi connectivity index (χ2v) is 5.89. The first-order valence-electron chi connectivity index (χ1n) is 5.62. The maximum absolute atomic E-state index is 11.5. The highest BCUT2D eigenvalue weighted by molar-refractivity contribution is 9.11. The van der Waals surface area contributed by atoms with Gasteiger partial charge in [0.2, 0.25) is 0 Å². The highest BCUT2D eigenvalue weighted by Crippen LogP contribution is 2.41. The van der Waals surface area contributed by atoms with Crippen molar-refractivity contribution in [1.29, 1.82) is 0 Å². The number of rotatable bonds is 3. The summed E-state index contributed by atoms with van der Waals surface area (Å²) >= 11 is 3.29. The Morgan fingerprint density at radius 2 is 2.12 bits per heavy atom. The van der Waals surface area contributed by atoms with Gasteiger partial charge in [-0.05, 0) is 38.6 Å². The Hall–Kier alpha value is -0.510. The normalized spacial score (nSPS) is 19.2. The van der Waals surface area contributed by atoms with Crippen molar-refractivity contribution < 1.29 is 9.53 Å². The smallest absolute Gasteiger partial charge is 0.407 e. The molecule has 92 valence electrons. The lowest BCUT2D eigenvalue weighted by atomic mass is 9.69. The third-order valence-corrected chi connectivity index (χ3v) is 3.01. The third kappa shape index (κ3) is 4.16. The zero-order valence-corrected chi connectivity index (χ0v) is 11.8. The van der Waals surface area contributed by atoms with Gasteiger partial charge in [0.05, 0.1) is 0 Å². The van der Waals surface area contributed by atoms with Crippen LogP contribution in [0.15, 0.2) is 11.1 Å². The summed E-state index contributed by atoms with van der Waals surface area (Å²) in [5.41, 5.74) is -0.289. The summed E-state index contributed by atoms with van der Waals surface area (Å²) in [6.45, 7) is 6.25. The Balaban J connectivity index is 2.36. The van der Waals surface area contributed by atoms with Crippen LogP contribution in [0.25, 0.3) is 0 Å². The minimum atomic E-state index is -0.428. The lowest BCUT2D eigenvalue weighted by Crippen LogP contribution is -2.42. The number of nitrogens with one attached hydrogen (secondary N) is 1. The van der Waals surface area contributed by atoms with Gasteiger partial charge >= 0.3 is 6.09 Å². The first kappa shape index (κ1) is 13.6. The minimum absolute atomic E-state index is 0.139. The standard InChI is InChI=1S/C12H20BrNO2/c1-11(2,3)16-10(15)14-9-12(7-8-13)5-4-6-12/h7-8H,4-6,9H2,1-3H3,(H,14,15)/b8-7+. The summed E-state index contributed by atoms with van der Waals surface area (Å²) in [4.78, 5) is 13.4. The predicted molar refractivity (Wildman–Crippen MR) is 68.6 cm³/mol. The Kier molecular flexibility index (Phi) is 4.42. The molecule has 3 nitrogen and oxygen atoms in total. The van der Waals surface area contributed by atoms with Crippen molar-refractivity contribution >= 4 is 22.0 Å². The van der Waals surface area contributed by atoms with E-state index < -0.39 is 5.60 Å². The molecular weight excluding hydrogens is 270 g/mol. The molecule has 0 aromatic carbocycles. The van der Waals surface area contributed by atoms with Gasteiger partial charge in [0, 0.05) is 12.0 Å². The summed E-state index contributed by atoms with van der Waals surface area (Å²) in [5, 5.41) is 2.83. The van der Waals surface area contributed by atoms with Crippen molar-refractivity contribution in [2.24, 2.45) is 5.41 Å². The second kappa shape index (κ2) is 5.21. The number of carbonyl (C=O) groups excluding carboxylic acids is 1. The Labute approximate surface area is 106 Å². The summed E-state index contributed by atoms with van der Waals surface area (Å²) in [6, 6.07) is 0. The molecule has 4 heteroatoms. The van der Waals surface area contributed by atoms with Crippen molar-refractivity contribution in [3.05, 3.63) is 11.1 Å². The molecule has 1 N–H and O–H groups in total. The SMILES string of the molecule is CC(C)(C)OC(=O)NCC1(/C=C/Br)CCC1. The average molecular weight is 290 g/mol. The van der Waals surface area contributed by atoms with E-state index in [-0.39, 0.29) is 11.5 Å². The van der Waals surface area contributed by atoms with Crippen LogP contribution in [0.1, 0.15) is 40.0 Å². The number of ether oxygens (including phenoxy) is 1. The van der Waals surface area contributed by atoms with Crippen LogP contribution in [0.5, 0.6) is 0 Å². The van der Waals surface area contributed by atoms with Gasteiger partial charge < -0.3 is 10.1 Å². The molecule has 1 aliphatic rings. The number of hydrogen-bond acceptors (Lipinski definition) is 2. The van der Waals surface area contributed by atoms with Crippen molar-refractivity contribution in [3.8, 4) is 0 Å². The predicted octanol–water partition coefficient (Wildman–Crippen LogP) is 3.59. The van der Waals surface area contributed by atoms with E-state index in [1.807, 2.05) is 25.8 Å². The maximum Gasteiger partial charge on any atom is 0.407 e. The van der Waals surface area contributed by atoms with Gasteiger partial charge in [-0.15, -0.1) is 0 Å². The Bertz CT molecular complexity index is 277. The van der Waals surface area contributed by atoms with Crippen LogP contribution in [-0.2, 0) is 4.74 Å². The highest BCUT2D eigenvalue weighted by Gasteiger charge is 2.34. The number of alkyl carbamates (subject to hydrolysis) is 1. The van der Waals surface area contributed by atoms with E-state index in [1.165, 1.54) is 6.42 Å². The monoisotopic (exact) mass is 289 g/mol. The highest BCUT2D eigenvalue weighted by atomic mass is 79.9. The van der Waals surface area contributed by atoms with E-state index in [0.29, 0.717) is 6.54 Å². The number of carbonyl (C=O) groups is 1. The first-order chi connectivity index (χ1) is 7.37. The fourth-order valence-electron chi connectivity index (χ4n) is 1.73. The first-order valence-corrected chi connectivity index (χ1v) is 6.53. The van der Waals surface area contributed by atoms with Crippen LogP contribution in [-0.4, -0.2) is 18.2 Å². The molecule has 0 radical (unpaired) electrons. The van der Waals surface area contributed by atoms with Crippen LogP contribution in [0.3, 0.4) is 0 Å². The molecule has 1 rings (SSSR count). The van der Waals surface area contributed by atoms with Gasteiger partial charge in [0.15, 0.2) is 0 Å². The number of amides is 1. The Morgan fingerprint density at radius 3 is 2.50 bits per heavy atom. The second-order valence-electron chi connectivity index (χ2n) is 5.36. The zero-order chi connectivity index (χ0) is 12.2. The van der Waals surface area contributed by atoms with Crippen LogP contribution in [0, 0.1) is 5.41 Å². The fourth-order valence-corrected chi connectivity index (χ4v) is 2.29. The van der Waals surface area contributed by atoms with Crippen molar-refractivity contribution in [3.63, 3.8) is 0 Å². The van der Waals surface area contributed by atoms with E-state index in [4.69, 9.17) is 4.74 Å². The molecule has 1 amide bonds. The average Bonchev–Trinajstić information content (AvgIpc) is 2.06. The molecule has 0 aliphatic heterocycles. The van der Waals surface area contributed by atoms with E-state index in [1.54, 1.807) is 0 Å². The van der Waals surface area contributed by atoms with Gasteiger partial charge in [-0.1, -0.05) is 28.4 Å². The maximum atomic E-state index is 11.5. The van der Waals surface area contributed by atoms with Crippen LogP contribution in [0.2, 0.25) is 0 Å². The van der Waals surface area contributed by atoms with Gasteiger partial charge in [0.25, 0.3) is 0 Å². The van der Waals surface area contributed by atoms with Crippen LogP contribution in [0.4, 0.5) is 4.79 Å². The molecule has 1 saturated carbocycles. The lowest BCUT2D eigenvalue weighted by molar-refractivity contribution is 0.0487. The van der Waals surface area contributed by atoms with Crippen molar-refractivity contribution in [1.82, 2.24) is 5.32 Å². The van der Waals surface area contributed by atoms with E-state index in [0.717, 1.165) is 12.8 Å².